The van der Waals surface area contributed by atoms with Gasteiger partial charge >= 0.3 is 0 Å². The van der Waals surface area contributed by atoms with Crippen molar-refractivity contribution in [2.24, 2.45) is 11.7 Å². The molecule has 0 aromatic heterocycles. The molecule has 3 nitrogen and oxygen atoms in total. The molecule has 1 fully saturated rings. The van der Waals surface area contributed by atoms with E-state index in [2.05, 4.69) is 0 Å². The summed E-state index contributed by atoms with van der Waals surface area (Å²) in [6, 6.07) is 6.59. The number of piperidine rings is 1. The van der Waals surface area contributed by atoms with Crippen molar-refractivity contribution in [1.29, 1.82) is 0 Å². The van der Waals surface area contributed by atoms with Crippen molar-refractivity contribution < 1.29 is 9.18 Å². The molecule has 0 radical (unpaired) electrons. The fourth-order valence-corrected chi connectivity index (χ4v) is 2.77. The SMILES string of the molecule is CC(N)C1CCCN(C(=O)CCc2cccc(F)c2)C1.Cl. The van der Waals surface area contributed by atoms with Crippen LogP contribution in [0.15, 0.2) is 24.3 Å². The molecule has 1 aliphatic heterocycles. The van der Waals surface area contributed by atoms with Crippen LogP contribution in [0.5, 0.6) is 0 Å². The molecule has 0 aliphatic carbocycles. The lowest BCUT2D eigenvalue weighted by Gasteiger charge is -2.34. The zero-order chi connectivity index (χ0) is 14.5. The largest absolute Gasteiger partial charge is 0.342 e. The van der Waals surface area contributed by atoms with Gasteiger partial charge in [-0.05, 0) is 49.8 Å². The lowest BCUT2D eigenvalue weighted by molar-refractivity contribution is -0.133. The Morgan fingerprint density at radius 2 is 2.29 bits per heavy atom. The van der Waals surface area contributed by atoms with Gasteiger partial charge in [-0.2, -0.15) is 0 Å². The second-order valence-electron chi connectivity index (χ2n) is 5.73. The standard InChI is InChI=1S/C16H23FN2O.ClH/c1-12(18)14-5-3-9-19(11-14)16(20)8-7-13-4-2-6-15(17)10-13;/h2,4,6,10,12,14H,3,5,7-9,11,18H2,1H3;1H. The summed E-state index contributed by atoms with van der Waals surface area (Å²) in [5.74, 6) is 0.312. The molecule has 0 bridgehead atoms. The first-order valence-corrected chi connectivity index (χ1v) is 7.34. The van der Waals surface area contributed by atoms with Crippen LogP contribution in [0.1, 0.15) is 31.7 Å². The summed E-state index contributed by atoms with van der Waals surface area (Å²) in [4.78, 5) is 14.1. The number of nitrogens with two attached hydrogens (primary N) is 1. The molecule has 21 heavy (non-hydrogen) atoms. The number of amides is 1. The lowest BCUT2D eigenvalue weighted by Crippen LogP contribution is -2.45. The molecule has 1 saturated heterocycles. The molecule has 0 saturated carbocycles. The van der Waals surface area contributed by atoms with E-state index in [1.165, 1.54) is 12.1 Å². The quantitative estimate of drug-likeness (QED) is 0.929. The minimum atomic E-state index is -0.245. The molecule has 1 aliphatic rings. The smallest absolute Gasteiger partial charge is 0.222 e. The predicted molar refractivity (Wildman–Crippen MR) is 84.9 cm³/mol. The van der Waals surface area contributed by atoms with E-state index in [0.29, 0.717) is 18.8 Å². The highest BCUT2D eigenvalue weighted by atomic mass is 35.5. The number of carbonyl (C=O) groups excluding carboxylic acids is 1. The first-order valence-electron chi connectivity index (χ1n) is 7.34. The predicted octanol–water partition coefficient (Wildman–Crippen LogP) is 2.77. The Morgan fingerprint density at radius 3 is 2.95 bits per heavy atom. The Morgan fingerprint density at radius 1 is 1.52 bits per heavy atom. The van der Waals surface area contributed by atoms with Gasteiger partial charge in [-0.15, -0.1) is 12.4 Å². The zero-order valence-corrected chi connectivity index (χ0v) is 13.2. The maximum Gasteiger partial charge on any atom is 0.222 e. The molecule has 1 aromatic carbocycles. The van der Waals surface area contributed by atoms with Crippen LogP contribution in [-0.2, 0) is 11.2 Å². The van der Waals surface area contributed by atoms with Crippen LogP contribution in [-0.4, -0.2) is 29.9 Å². The molecular formula is C16H24ClFN2O. The first kappa shape index (κ1) is 17.9. The second kappa shape index (κ2) is 8.35. The summed E-state index contributed by atoms with van der Waals surface area (Å²) >= 11 is 0. The molecule has 2 rings (SSSR count). The summed E-state index contributed by atoms with van der Waals surface area (Å²) in [7, 11) is 0. The Bertz CT molecular complexity index is 467. The topological polar surface area (TPSA) is 46.3 Å². The van der Waals surface area contributed by atoms with E-state index in [4.69, 9.17) is 5.73 Å². The number of hydrogen-bond donors (Lipinski definition) is 1. The van der Waals surface area contributed by atoms with E-state index in [1.54, 1.807) is 6.07 Å². The van der Waals surface area contributed by atoms with Crippen LogP contribution < -0.4 is 5.73 Å². The molecular weight excluding hydrogens is 291 g/mol. The first-order chi connectivity index (χ1) is 9.56. The summed E-state index contributed by atoms with van der Waals surface area (Å²) in [5.41, 5.74) is 6.81. The zero-order valence-electron chi connectivity index (χ0n) is 12.4. The van der Waals surface area contributed by atoms with Crippen molar-refractivity contribution >= 4 is 18.3 Å². The minimum Gasteiger partial charge on any atom is -0.342 e. The van der Waals surface area contributed by atoms with Gasteiger partial charge in [-0.1, -0.05) is 12.1 Å². The average molecular weight is 315 g/mol. The van der Waals surface area contributed by atoms with E-state index in [1.807, 2.05) is 17.9 Å². The highest BCUT2D eigenvalue weighted by molar-refractivity contribution is 5.85. The van der Waals surface area contributed by atoms with Crippen molar-refractivity contribution in [1.82, 2.24) is 4.90 Å². The molecule has 5 heteroatoms. The van der Waals surface area contributed by atoms with Crippen LogP contribution in [0.2, 0.25) is 0 Å². The molecule has 1 amide bonds. The highest BCUT2D eigenvalue weighted by Crippen LogP contribution is 2.19. The summed E-state index contributed by atoms with van der Waals surface area (Å²) in [6.07, 6.45) is 3.16. The monoisotopic (exact) mass is 314 g/mol. The molecule has 2 N–H and O–H groups in total. The van der Waals surface area contributed by atoms with Crippen molar-refractivity contribution in [3.8, 4) is 0 Å². The summed E-state index contributed by atoms with van der Waals surface area (Å²) in [6.45, 7) is 3.59. The highest BCUT2D eigenvalue weighted by Gasteiger charge is 2.25. The fourth-order valence-electron chi connectivity index (χ4n) is 2.77. The second-order valence-corrected chi connectivity index (χ2v) is 5.73. The molecule has 1 aromatic rings. The molecule has 2 unspecified atom stereocenters. The Kier molecular flexibility index (Phi) is 7.12. The van der Waals surface area contributed by atoms with Gasteiger partial charge in [0.2, 0.25) is 5.91 Å². The normalized spacial score (nSPS) is 19.8. The van der Waals surface area contributed by atoms with Crippen molar-refractivity contribution in [2.45, 2.75) is 38.6 Å². The van der Waals surface area contributed by atoms with E-state index in [0.717, 1.165) is 31.5 Å². The van der Waals surface area contributed by atoms with Crippen molar-refractivity contribution in [3.05, 3.63) is 35.6 Å². The maximum absolute atomic E-state index is 13.1. The number of rotatable bonds is 4. The number of hydrogen-bond acceptors (Lipinski definition) is 2. The van der Waals surface area contributed by atoms with Crippen molar-refractivity contribution in [2.75, 3.05) is 13.1 Å². The molecule has 1 heterocycles. The van der Waals surface area contributed by atoms with Crippen LogP contribution in [0.3, 0.4) is 0 Å². The number of likely N-dealkylation sites (tertiary alicyclic amines) is 1. The van der Waals surface area contributed by atoms with Gasteiger partial charge in [-0.25, -0.2) is 4.39 Å². The van der Waals surface area contributed by atoms with Crippen LogP contribution in [0, 0.1) is 11.7 Å². The Balaban J connectivity index is 0.00000220. The van der Waals surface area contributed by atoms with E-state index in [-0.39, 0.29) is 30.2 Å². The van der Waals surface area contributed by atoms with E-state index >= 15 is 0 Å². The van der Waals surface area contributed by atoms with Crippen molar-refractivity contribution in [3.63, 3.8) is 0 Å². The van der Waals surface area contributed by atoms with Gasteiger partial charge in [0.15, 0.2) is 0 Å². The van der Waals surface area contributed by atoms with Gasteiger partial charge in [0.1, 0.15) is 5.82 Å². The third-order valence-corrected chi connectivity index (χ3v) is 4.07. The van der Waals surface area contributed by atoms with E-state index in [9.17, 15) is 9.18 Å². The minimum absolute atomic E-state index is 0. The maximum atomic E-state index is 13.1. The van der Waals surface area contributed by atoms with Crippen LogP contribution in [0.25, 0.3) is 0 Å². The van der Waals surface area contributed by atoms with Gasteiger partial charge in [0.05, 0.1) is 0 Å². The van der Waals surface area contributed by atoms with Gasteiger partial charge < -0.3 is 10.6 Å². The third kappa shape index (κ3) is 5.29. The summed E-state index contributed by atoms with van der Waals surface area (Å²) in [5, 5.41) is 0. The van der Waals surface area contributed by atoms with Gasteiger partial charge in [-0.3, -0.25) is 4.79 Å². The van der Waals surface area contributed by atoms with Gasteiger partial charge in [0, 0.05) is 25.6 Å². The van der Waals surface area contributed by atoms with Crippen LogP contribution >= 0.6 is 12.4 Å². The summed E-state index contributed by atoms with van der Waals surface area (Å²) < 4.78 is 13.1. The molecule has 118 valence electrons. The third-order valence-electron chi connectivity index (χ3n) is 4.07. The number of halogens is 2. The Hall–Kier alpha value is -1.13. The number of aryl methyl sites for hydroxylation is 1. The lowest BCUT2D eigenvalue weighted by atomic mass is 9.92. The molecule has 2 atom stereocenters. The van der Waals surface area contributed by atoms with Gasteiger partial charge in [0.25, 0.3) is 0 Å². The number of nitrogens with zero attached hydrogens (tertiary/aromatic N) is 1. The fraction of sp³-hybridized carbons (Fsp3) is 0.562. The Labute approximate surface area is 132 Å². The number of carbonyl (C=O) groups is 1. The van der Waals surface area contributed by atoms with Crippen LogP contribution in [0.4, 0.5) is 4.39 Å². The average Bonchev–Trinajstić information content (AvgIpc) is 2.45. The number of benzene rings is 1. The molecule has 0 spiro atoms. The van der Waals surface area contributed by atoms with E-state index < -0.39 is 0 Å².